The molecule has 252 valence electrons. The molecule has 0 fully saturated rings. The molecule has 0 aliphatic carbocycles. The zero-order chi connectivity index (χ0) is 35.3. The third-order valence-corrected chi connectivity index (χ3v) is 9.38. The molecule has 0 aliphatic rings. The van der Waals surface area contributed by atoms with Gasteiger partial charge in [-0.25, -0.2) is 0 Å². The van der Waals surface area contributed by atoms with Crippen molar-refractivity contribution < 1.29 is 9.47 Å². The van der Waals surface area contributed by atoms with Gasteiger partial charge in [-0.3, -0.25) is 0 Å². The maximum Gasteiger partial charge on any atom is 0.119 e. The summed E-state index contributed by atoms with van der Waals surface area (Å²) in [6, 6.07) is 63.9. The number of hydrogen-bond acceptors (Lipinski definition) is 4. The molecule has 0 aliphatic heterocycles. The van der Waals surface area contributed by atoms with Crippen LogP contribution in [0.25, 0.3) is 33.7 Å². The molecule has 0 radical (unpaired) electrons. The smallest absolute Gasteiger partial charge is 0.119 e. The minimum Gasteiger partial charge on any atom is -0.497 e. The van der Waals surface area contributed by atoms with Gasteiger partial charge in [-0.2, -0.15) is 0 Å². The van der Waals surface area contributed by atoms with Crippen molar-refractivity contribution in [1.82, 2.24) is 0 Å². The minimum atomic E-state index is 0.858. The Morgan fingerprint density at radius 3 is 1.04 bits per heavy atom. The van der Waals surface area contributed by atoms with Gasteiger partial charge in [0, 0.05) is 34.1 Å². The quantitative estimate of drug-likeness (QED) is 0.135. The van der Waals surface area contributed by atoms with Crippen molar-refractivity contribution in [1.29, 1.82) is 0 Å². The molecule has 52 heavy (non-hydrogen) atoms. The van der Waals surface area contributed by atoms with Gasteiger partial charge < -0.3 is 19.3 Å². The van der Waals surface area contributed by atoms with E-state index in [1.165, 1.54) is 0 Å². The Labute approximate surface area is 305 Å². The monoisotopic (exact) mass is 674 g/mol. The number of nitrogens with zero attached hydrogens (tertiary/aromatic N) is 2. The van der Waals surface area contributed by atoms with E-state index >= 15 is 0 Å². The van der Waals surface area contributed by atoms with E-state index in [2.05, 4.69) is 192 Å². The van der Waals surface area contributed by atoms with Gasteiger partial charge in [0.25, 0.3) is 0 Å². The Kier molecular flexibility index (Phi) is 9.10. The van der Waals surface area contributed by atoms with Crippen molar-refractivity contribution in [2.75, 3.05) is 24.0 Å². The van der Waals surface area contributed by atoms with Crippen LogP contribution in [0.3, 0.4) is 0 Å². The summed E-state index contributed by atoms with van der Waals surface area (Å²) in [5.41, 5.74) is 8.85. The second kappa shape index (κ2) is 14.6. The van der Waals surface area contributed by atoms with E-state index in [-0.39, 0.29) is 0 Å². The second-order valence-corrected chi connectivity index (χ2v) is 12.7. The van der Waals surface area contributed by atoms with E-state index < -0.39 is 0 Å². The van der Waals surface area contributed by atoms with Gasteiger partial charge in [0.1, 0.15) is 11.5 Å². The average Bonchev–Trinajstić information content (AvgIpc) is 3.21. The minimum absolute atomic E-state index is 0.858. The molecular weight excluding hydrogens is 637 g/mol. The van der Waals surface area contributed by atoms with Crippen LogP contribution in [-0.4, -0.2) is 14.2 Å². The molecule has 0 heterocycles. The fourth-order valence-corrected chi connectivity index (χ4v) is 6.66. The molecule has 4 heteroatoms. The topological polar surface area (TPSA) is 24.9 Å². The fraction of sp³-hybridized carbons (Fsp3) is 0.0417. The van der Waals surface area contributed by atoms with Crippen molar-refractivity contribution in [2.24, 2.45) is 0 Å². The van der Waals surface area contributed by atoms with Crippen LogP contribution in [0.1, 0.15) is 11.1 Å². The summed E-state index contributed by atoms with van der Waals surface area (Å²) in [5, 5.41) is 4.62. The molecular formula is C48H38N2O2. The molecule has 0 saturated carbocycles. The highest BCUT2D eigenvalue weighted by atomic mass is 16.5. The van der Waals surface area contributed by atoms with E-state index in [1.54, 1.807) is 14.2 Å². The van der Waals surface area contributed by atoms with Crippen molar-refractivity contribution in [3.63, 3.8) is 0 Å². The summed E-state index contributed by atoms with van der Waals surface area (Å²) in [6.45, 7) is 0. The summed E-state index contributed by atoms with van der Waals surface area (Å²) in [6.07, 6.45) is 4.34. The Bertz CT molecular complexity index is 2300. The third kappa shape index (κ3) is 6.83. The summed E-state index contributed by atoms with van der Waals surface area (Å²) in [7, 11) is 3.40. The lowest BCUT2D eigenvalue weighted by Gasteiger charge is -2.26. The summed E-state index contributed by atoms with van der Waals surface area (Å²) in [4.78, 5) is 4.58. The van der Waals surface area contributed by atoms with E-state index in [1.807, 2.05) is 12.1 Å². The van der Waals surface area contributed by atoms with Gasteiger partial charge in [0.05, 0.1) is 14.2 Å². The van der Waals surface area contributed by atoms with E-state index in [0.29, 0.717) is 0 Å². The molecule has 0 unspecified atom stereocenters. The van der Waals surface area contributed by atoms with Gasteiger partial charge in [-0.1, -0.05) is 97.1 Å². The molecule has 8 aromatic rings. The number of para-hydroxylation sites is 2. The van der Waals surface area contributed by atoms with Crippen LogP contribution in [0.2, 0.25) is 0 Å². The number of methoxy groups -OCH3 is 2. The third-order valence-electron chi connectivity index (χ3n) is 9.38. The second-order valence-electron chi connectivity index (χ2n) is 12.7. The Balaban J connectivity index is 1.05. The predicted octanol–water partition coefficient (Wildman–Crippen LogP) is 13.1. The molecule has 0 atom stereocenters. The predicted molar refractivity (Wildman–Crippen MR) is 219 cm³/mol. The van der Waals surface area contributed by atoms with Gasteiger partial charge in [0.15, 0.2) is 0 Å². The van der Waals surface area contributed by atoms with Gasteiger partial charge in [-0.15, -0.1) is 0 Å². The van der Waals surface area contributed by atoms with Crippen LogP contribution < -0.4 is 19.3 Å². The van der Waals surface area contributed by atoms with Crippen LogP contribution in [0.4, 0.5) is 34.1 Å². The fourth-order valence-electron chi connectivity index (χ4n) is 6.66. The lowest BCUT2D eigenvalue weighted by atomic mass is 10.1. The standard InChI is InChI=1S/C48H38N2O2/c1-51-47-29-21-37-31-45(27-19-39(37)33-47)49(41-9-5-3-6-10-41)43-23-15-35(16-24-43)13-14-36-17-25-44(26-18-36)50(42-11-7-4-8-12-42)46-28-20-40-34-48(52-2)30-22-38(40)32-46/h3-34H,1-2H3. The van der Waals surface area contributed by atoms with Crippen molar-refractivity contribution in [3.8, 4) is 11.5 Å². The number of anilines is 6. The normalized spacial score (nSPS) is 11.2. The number of rotatable bonds is 10. The molecule has 8 rings (SSSR count). The first kappa shape index (κ1) is 32.4. The largest absolute Gasteiger partial charge is 0.497 e. The van der Waals surface area contributed by atoms with Crippen LogP contribution in [0.15, 0.2) is 182 Å². The first-order valence-corrected chi connectivity index (χ1v) is 17.4. The van der Waals surface area contributed by atoms with E-state index in [4.69, 9.17) is 9.47 Å². The maximum atomic E-state index is 5.44. The first-order valence-electron chi connectivity index (χ1n) is 17.4. The lowest BCUT2D eigenvalue weighted by Crippen LogP contribution is -2.09. The number of benzene rings is 8. The molecule has 0 aromatic heterocycles. The number of ether oxygens (including phenoxy) is 2. The zero-order valence-corrected chi connectivity index (χ0v) is 29.2. The zero-order valence-electron chi connectivity index (χ0n) is 29.2. The van der Waals surface area contributed by atoms with E-state index in [9.17, 15) is 0 Å². The molecule has 0 amide bonds. The molecule has 0 spiro atoms. The van der Waals surface area contributed by atoms with Gasteiger partial charge in [0.2, 0.25) is 0 Å². The highest BCUT2D eigenvalue weighted by molar-refractivity contribution is 5.91. The highest BCUT2D eigenvalue weighted by Gasteiger charge is 2.14. The molecule has 0 bridgehead atoms. The summed E-state index contributed by atoms with van der Waals surface area (Å²) in [5.74, 6) is 1.72. The van der Waals surface area contributed by atoms with Crippen molar-refractivity contribution in [3.05, 3.63) is 193 Å². The lowest BCUT2D eigenvalue weighted by molar-refractivity contribution is 0.415. The van der Waals surface area contributed by atoms with Crippen LogP contribution >= 0.6 is 0 Å². The molecule has 4 nitrogen and oxygen atoms in total. The molecule has 0 saturated heterocycles. The van der Waals surface area contributed by atoms with Crippen LogP contribution in [0.5, 0.6) is 11.5 Å². The average molecular weight is 675 g/mol. The Hall–Kier alpha value is -6.78. The SMILES string of the molecule is COc1ccc2cc(N(c3ccccc3)c3ccc(C=Cc4ccc(N(c5ccccc5)c5ccc6cc(OC)ccc6c5)cc4)cc3)ccc2c1. The Morgan fingerprint density at radius 1 is 0.327 bits per heavy atom. The summed E-state index contributed by atoms with van der Waals surface area (Å²) < 4.78 is 10.9. The summed E-state index contributed by atoms with van der Waals surface area (Å²) >= 11 is 0. The van der Waals surface area contributed by atoms with Gasteiger partial charge >= 0.3 is 0 Å². The number of hydrogen-bond donors (Lipinski definition) is 0. The van der Waals surface area contributed by atoms with Crippen molar-refractivity contribution >= 4 is 67.8 Å². The maximum absolute atomic E-state index is 5.44. The Morgan fingerprint density at radius 2 is 0.654 bits per heavy atom. The van der Waals surface area contributed by atoms with Crippen molar-refractivity contribution in [2.45, 2.75) is 0 Å². The highest BCUT2D eigenvalue weighted by Crippen LogP contribution is 2.38. The first-order chi connectivity index (χ1) is 25.6. The molecule has 8 aromatic carbocycles. The number of fused-ring (bicyclic) bond motifs is 2. The van der Waals surface area contributed by atoms with Crippen LogP contribution in [-0.2, 0) is 0 Å². The van der Waals surface area contributed by atoms with Crippen LogP contribution in [0, 0.1) is 0 Å². The van der Waals surface area contributed by atoms with E-state index in [0.717, 1.165) is 78.3 Å². The molecule has 0 N–H and O–H groups in total. The van der Waals surface area contributed by atoms with Gasteiger partial charge in [-0.05, 0) is 130 Å².